The molecule has 0 bridgehead atoms. The average molecular weight is 290 g/mol. The van der Waals surface area contributed by atoms with Crippen LogP contribution in [0.5, 0.6) is 5.75 Å². The summed E-state index contributed by atoms with van der Waals surface area (Å²) >= 11 is 1.65. The number of hydrogen-bond donors (Lipinski definition) is 1. The molecule has 0 spiro atoms. The minimum Gasteiger partial charge on any atom is -0.493 e. The standard InChI is InChI=1S/C16H22N2OS/c1-4-12-7-5-6-8-13(12)19-10-9-15-18-14(11-20-15)16(2,3)17/h5-8,11H,4,9-10,17H2,1-3H3. The van der Waals surface area contributed by atoms with Crippen molar-refractivity contribution in [1.82, 2.24) is 4.98 Å². The summed E-state index contributed by atoms with van der Waals surface area (Å²) in [4.78, 5) is 4.57. The molecule has 0 amide bonds. The fraction of sp³-hybridized carbons (Fsp3) is 0.438. The molecule has 4 heteroatoms. The summed E-state index contributed by atoms with van der Waals surface area (Å²) in [6.45, 7) is 6.73. The fourth-order valence-corrected chi connectivity index (χ4v) is 2.86. The molecular weight excluding hydrogens is 268 g/mol. The Hall–Kier alpha value is -1.39. The maximum absolute atomic E-state index is 6.04. The van der Waals surface area contributed by atoms with Crippen molar-refractivity contribution in [1.29, 1.82) is 0 Å². The number of hydrogen-bond acceptors (Lipinski definition) is 4. The van der Waals surface area contributed by atoms with E-state index < -0.39 is 0 Å². The lowest BCUT2D eigenvalue weighted by atomic mass is 10.0. The summed E-state index contributed by atoms with van der Waals surface area (Å²) < 4.78 is 5.86. The number of aryl methyl sites for hydroxylation is 1. The molecule has 0 radical (unpaired) electrons. The van der Waals surface area contributed by atoms with E-state index in [2.05, 4.69) is 18.0 Å². The molecule has 0 aliphatic rings. The van der Waals surface area contributed by atoms with E-state index in [1.807, 2.05) is 37.4 Å². The molecule has 0 aliphatic carbocycles. The third-order valence-corrected chi connectivity index (χ3v) is 4.05. The van der Waals surface area contributed by atoms with Gasteiger partial charge in [0.1, 0.15) is 5.75 Å². The molecule has 1 heterocycles. The number of nitrogens with zero attached hydrogens (tertiary/aromatic N) is 1. The van der Waals surface area contributed by atoms with Crippen molar-refractivity contribution >= 4 is 11.3 Å². The number of aromatic nitrogens is 1. The Morgan fingerprint density at radius 3 is 2.70 bits per heavy atom. The molecule has 2 N–H and O–H groups in total. The van der Waals surface area contributed by atoms with Gasteiger partial charge in [-0.2, -0.15) is 0 Å². The maximum atomic E-state index is 6.04. The first kappa shape index (κ1) is 15.0. The smallest absolute Gasteiger partial charge is 0.122 e. The van der Waals surface area contributed by atoms with Crippen LogP contribution in [0.25, 0.3) is 0 Å². The molecule has 3 nitrogen and oxygen atoms in total. The molecule has 0 atom stereocenters. The second kappa shape index (κ2) is 6.37. The van der Waals surface area contributed by atoms with Gasteiger partial charge in [0.25, 0.3) is 0 Å². The molecule has 2 aromatic rings. The molecule has 0 fully saturated rings. The molecule has 1 aromatic carbocycles. The molecule has 0 unspecified atom stereocenters. The zero-order chi connectivity index (χ0) is 14.6. The van der Waals surface area contributed by atoms with Crippen molar-refractivity contribution in [2.75, 3.05) is 6.61 Å². The molecule has 2 rings (SSSR count). The van der Waals surface area contributed by atoms with Gasteiger partial charge in [0.05, 0.1) is 22.8 Å². The third kappa shape index (κ3) is 3.81. The van der Waals surface area contributed by atoms with Crippen LogP contribution in [0.1, 0.15) is 37.0 Å². The number of rotatable bonds is 6. The minimum atomic E-state index is -0.371. The van der Waals surface area contributed by atoms with E-state index in [9.17, 15) is 0 Å². The van der Waals surface area contributed by atoms with Crippen LogP contribution < -0.4 is 10.5 Å². The molecule has 1 aromatic heterocycles. The van der Waals surface area contributed by atoms with Gasteiger partial charge in [0.15, 0.2) is 0 Å². The van der Waals surface area contributed by atoms with Crippen LogP contribution in [0.4, 0.5) is 0 Å². The maximum Gasteiger partial charge on any atom is 0.122 e. The Kier molecular flexibility index (Phi) is 4.78. The van der Waals surface area contributed by atoms with Gasteiger partial charge in [-0.25, -0.2) is 4.98 Å². The monoisotopic (exact) mass is 290 g/mol. The lowest BCUT2D eigenvalue weighted by Gasteiger charge is -2.14. The number of para-hydroxylation sites is 1. The predicted octanol–water partition coefficient (Wildman–Crippen LogP) is 3.52. The highest BCUT2D eigenvalue weighted by Crippen LogP contribution is 2.21. The number of nitrogens with two attached hydrogens (primary N) is 1. The van der Waals surface area contributed by atoms with Gasteiger partial charge < -0.3 is 10.5 Å². The second-order valence-electron chi connectivity index (χ2n) is 5.41. The average Bonchev–Trinajstić information content (AvgIpc) is 2.88. The van der Waals surface area contributed by atoms with Gasteiger partial charge in [0.2, 0.25) is 0 Å². The minimum absolute atomic E-state index is 0.371. The highest BCUT2D eigenvalue weighted by Gasteiger charge is 2.17. The van der Waals surface area contributed by atoms with Crippen LogP contribution in [0, 0.1) is 0 Å². The Balaban J connectivity index is 1.91. The molecule has 0 aliphatic heterocycles. The lowest BCUT2D eigenvalue weighted by molar-refractivity contribution is 0.318. The highest BCUT2D eigenvalue weighted by molar-refractivity contribution is 7.09. The zero-order valence-electron chi connectivity index (χ0n) is 12.3. The van der Waals surface area contributed by atoms with Crippen LogP contribution in [-0.4, -0.2) is 11.6 Å². The Morgan fingerprint density at radius 2 is 2.05 bits per heavy atom. The Morgan fingerprint density at radius 1 is 1.30 bits per heavy atom. The Bertz CT molecular complexity index is 558. The van der Waals surface area contributed by atoms with E-state index >= 15 is 0 Å². The number of thiazole rings is 1. The van der Waals surface area contributed by atoms with Crippen molar-refractivity contribution in [3.05, 3.63) is 45.9 Å². The van der Waals surface area contributed by atoms with Crippen molar-refractivity contribution < 1.29 is 4.74 Å². The fourth-order valence-electron chi connectivity index (χ4n) is 1.91. The molecule has 20 heavy (non-hydrogen) atoms. The number of benzene rings is 1. The van der Waals surface area contributed by atoms with Crippen LogP contribution in [-0.2, 0) is 18.4 Å². The summed E-state index contributed by atoms with van der Waals surface area (Å²) in [7, 11) is 0. The number of ether oxygens (including phenoxy) is 1. The van der Waals surface area contributed by atoms with Crippen LogP contribution in [0.3, 0.4) is 0 Å². The van der Waals surface area contributed by atoms with E-state index in [0.29, 0.717) is 6.61 Å². The summed E-state index contributed by atoms with van der Waals surface area (Å²) in [5.41, 5.74) is 7.87. The van der Waals surface area contributed by atoms with Crippen molar-refractivity contribution in [3.8, 4) is 5.75 Å². The van der Waals surface area contributed by atoms with E-state index in [0.717, 1.165) is 29.3 Å². The summed E-state index contributed by atoms with van der Waals surface area (Å²) in [6, 6.07) is 8.18. The van der Waals surface area contributed by atoms with E-state index in [1.165, 1.54) is 5.56 Å². The van der Waals surface area contributed by atoms with Gasteiger partial charge in [-0.3, -0.25) is 0 Å². The first-order valence-corrected chi connectivity index (χ1v) is 7.83. The largest absolute Gasteiger partial charge is 0.493 e. The quantitative estimate of drug-likeness (QED) is 0.885. The first-order valence-electron chi connectivity index (χ1n) is 6.95. The highest BCUT2D eigenvalue weighted by atomic mass is 32.1. The summed E-state index contributed by atoms with van der Waals surface area (Å²) in [5, 5.41) is 3.11. The van der Waals surface area contributed by atoms with E-state index in [1.54, 1.807) is 11.3 Å². The van der Waals surface area contributed by atoms with Gasteiger partial charge >= 0.3 is 0 Å². The molecule has 0 saturated carbocycles. The van der Waals surface area contributed by atoms with Gasteiger partial charge in [-0.05, 0) is 31.9 Å². The zero-order valence-corrected chi connectivity index (χ0v) is 13.2. The SMILES string of the molecule is CCc1ccccc1OCCc1nc(C(C)(C)N)cs1. The first-order chi connectivity index (χ1) is 9.50. The third-order valence-electron chi connectivity index (χ3n) is 3.14. The molecule has 0 saturated heterocycles. The van der Waals surface area contributed by atoms with Crippen LogP contribution in [0.15, 0.2) is 29.6 Å². The van der Waals surface area contributed by atoms with Crippen molar-refractivity contribution in [3.63, 3.8) is 0 Å². The van der Waals surface area contributed by atoms with E-state index in [-0.39, 0.29) is 5.54 Å². The topological polar surface area (TPSA) is 48.1 Å². The molecular formula is C16H22N2OS. The van der Waals surface area contributed by atoms with Gasteiger partial charge in [-0.1, -0.05) is 25.1 Å². The second-order valence-corrected chi connectivity index (χ2v) is 6.35. The molecule has 108 valence electrons. The lowest BCUT2D eigenvalue weighted by Crippen LogP contribution is -2.29. The Labute approximate surface area is 124 Å². The summed E-state index contributed by atoms with van der Waals surface area (Å²) in [5.74, 6) is 0.978. The van der Waals surface area contributed by atoms with Gasteiger partial charge in [0, 0.05) is 11.8 Å². The van der Waals surface area contributed by atoms with E-state index in [4.69, 9.17) is 10.5 Å². The summed E-state index contributed by atoms with van der Waals surface area (Å²) in [6.07, 6.45) is 1.80. The predicted molar refractivity (Wildman–Crippen MR) is 84.3 cm³/mol. The van der Waals surface area contributed by atoms with Crippen LogP contribution in [0.2, 0.25) is 0 Å². The van der Waals surface area contributed by atoms with Crippen molar-refractivity contribution in [2.24, 2.45) is 5.73 Å². The normalized spacial score (nSPS) is 11.6. The van der Waals surface area contributed by atoms with Crippen LogP contribution >= 0.6 is 11.3 Å². The van der Waals surface area contributed by atoms with Gasteiger partial charge in [-0.15, -0.1) is 11.3 Å². The van der Waals surface area contributed by atoms with Crippen molar-refractivity contribution in [2.45, 2.75) is 39.2 Å².